The Morgan fingerprint density at radius 3 is 2.33 bits per heavy atom. The van der Waals surface area contributed by atoms with Crippen molar-refractivity contribution in [2.24, 2.45) is 0 Å². The topological polar surface area (TPSA) is 61.4 Å². The van der Waals surface area contributed by atoms with Crippen LogP contribution in [0, 0.1) is 0 Å². The summed E-state index contributed by atoms with van der Waals surface area (Å²) in [6.45, 7) is 9.62. The second-order valence-corrected chi connectivity index (χ2v) is 4.73. The zero-order valence-corrected chi connectivity index (χ0v) is 10.4. The molecular weight excluding hydrogens is 192 g/mol. The highest BCUT2D eigenvalue weighted by atomic mass is 16.3. The molecule has 0 bridgehead atoms. The molecule has 90 valence electrons. The summed E-state index contributed by atoms with van der Waals surface area (Å²) in [5, 5.41) is 15.4. The quantitative estimate of drug-likeness (QED) is 0.611. The minimum absolute atomic E-state index is 0.0198. The summed E-state index contributed by atoms with van der Waals surface area (Å²) >= 11 is 0. The molecular formula is C11H24N2O2. The van der Waals surface area contributed by atoms with Crippen molar-refractivity contribution in [2.45, 2.75) is 58.7 Å². The lowest BCUT2D eigenvalue weighted by Crippen LogP contribution is -2.48. The van der Waals surface area contributed by atoms with Crippen LogP contribution < -0.4 is 10.6 Å². The molecule has 0 radical (unpaired) electrons. The molecule has 0 rings (SSSR count). The first-order valence-electron chi connectivity index (χ1n) is 5.52. The fourth-order valence-corrected chi connectivity index (χ4v) is 0.965. The van der Waals surface area contributed by atoms with Crippen molar-refractivity contribution in [2.75, 3.05) is 6.54 Å². The first-order chi connectivity index (χ1) is 6.76. The molecule has 0 saturated heterocycles. The Bertz CT molecular complexity index is 199. The van der Waals surface area contributed by atoms with Gasteiger partial charge in [0.05, 0.1) is 11.6 Å². The predicted molar refractivity (Wildman–Crippen MR) is 61.7 cm³/mol. The Hall–Kier alpha value is -0.610. The van der Waals surface area contributed by atoms with E-state index in [1.54, 1.807) is 20.8 Å². The van der Waals surface area contributed by atoms with Gasteiger partial charge in [-0.1, -0.05) is 6.92 Å². The van der Waals surface area contributed by atoms with Gasteiger partial charge in [-0.3, -0.25) is 4.79 Å². The summed E-state index contributed by atoms with van der Waals surface area (Å²) in [6.07, 6.45) is 0.921. The van der Waals surface area contributed by atoms with E-state index < -0.39 is 5.60 Å². The molecule has 4 nitrogen and oxygen atoms in total. The number of carbonyl (C=O) groups excluding carboxylic acids is 1. The lowest BCUT2D eigenvalue weighted by atomic mass is 10.1. The summed E-state index contributed by atoms with van der Waals surface area (Å²) in [5.41, 5.74) is -0.787. The number of rotatable bonds is 6. The highest BCUT2D eigenvalue weighted by Crippen LogP contribution is 1.98. The highest BCUT2D eigenvalue weighted by molar-refractivity contribution is 5.81. The van der Waals surface area contributed by atoms with Gasteiger partial charge >= 0.3 is 0 Å². The molecule has 2 atom stereocenters. The van der Waals surface area contributed by atoms with Crippen LogP contribution in [0.1, 0.15) is 41.0 Å². The van der Waals surface area contributed by atoms with Crippen molar-refractivity contribution < 1.29 is 9.90 Å². The molecule has 0 heterocycles. The zero-order valence-electron chi connectivity index (χ0n) is 10.4. The summed E-state index contributed by atoms with van der Waals surface area (Å²) in [7, 11) is 0. The van der Waals surface area contributed by atoms with Crippen LogP contribution in [0.5, 0.6) is 0 Å². The molecule has 3 N–H and O–H groups in total. The van der Waals surface area contributed by atoms with Gasteiger partial charge in [0, 0.05) is 12.6 Å². The molecule has 1 amide bonds. The summed E-state index contributed by atoms with van der Waals surface area (Å²) in [5.74, 6) is -0.0198. The van der Waals surface area contributed by atoms with E-state index in [-0.39, 0.29) is 18.0 Å². The van der Waals surface area contributed by atoms with Crippen molar-refractivity contribution in [3.8, 4) is 0 Å². The SMILES string of the molecule is CCC(C)NC(=O)C(C)NCC(C)(C)O. The van der Waals surface area contributed by atoms with Crippen LogP contribution in [-0.4, -0.2) is 35.2 Å². The molecule has 0 saturated carbocycles. The Morgan fingerprint density at radius 2 is 1.93 bits per heavy atom. The summed E-state index contributed by atoms with van der Waals surface area (Å²) in [6, 6.07) is -0.0747. The van der Waals surface area contributed by atoms with E-state index >= 15 is 0 Å². The van der Waals surface area contributed by atoms with Crippen LogP contribution in [-0.2, 0) is 4.79 Å². The Labute approximate surface area is 92.4 Å². The first kappa shape index (κ1) is 14.4. The third-order valence-electron chi connectivity index (χ3n) is 2.24. The molecule has 2 unspecified atom stereocenters. The van der Waals surface area contributed by atoms with Crippen molar-refractivity contribution in [3.05, 3.63) is 0 Å². The molecule has 4 heteroatoms. The van der Waals surface area contributed by atoms with E-state index in [0.717, 1.165) is 6.42 Å². The third-order valence-corrected chi connectivity index (χ3v) is 2.24. The van der Waals surface area contributed by atoms with Crippen LogP contribution in [0.15, 0.2) is 0 Å². The van der Waals surface area contributed by atoms with Crippen LogP contribution in [0.3, 0.4) is 0 Å². The monoisotopic (exact) mass is 216 g/mol. The fraction of sp³-hybridized carbons (Fsp3) is 0.909. The Morgan fingerprint density at radius 1 is 1.40 bits per heavy atom. The van der Waals surface area contributed by atoms with Gasteiger partial charge in [-0.25, -0.2) is 0 Å². The standard InChI is InChI=1S/C11H24N2O2/c1-6-8(2)13-10(14)9(3)12-7-11(4,5)15/h8-9,12,15H,6-7H2,1-5H3,(H,13,14). The van der Waals surface area contributed by atoms with Crippen LogP contribution in [0.4, 0.5) is 0 Å². The number of amides is 1. The van der Waals surface area contributed by atoms with E-state index in [2.05, 4.69) is 10.6 Å². The van der Waals surface area contributed by atoms with Gasteiger partial charge in [0.15, 0.2) is 0 Å². The fourth-order valence-electron chi connectivity index (χ4n) is 0.965. The number of hydrogen-bond donors (Lipinski definition) is 3. The maximum Gasteiger partial charge on any atom is 0.237 e. The molecule has 0 spiro atoms. The maximum atomic E-state index is 11.6. The molecule has 0 aliphatic rings. The van der Waals surface area contributed by atoms with Crippen molar-refractivity contribution in [3.63, 3.8) is 0 Å². The van der Waals surface area contributed by atoms with Crippen LogP contribution in [0.25, 0.3) is 0 Å². The van der Waals surface area contributed by atoms with E-state index in [9.17, 15) is 9.90 Å². The van der Waals surface area contributed by atoms with Gasteiger partial charge in [-0.15, -0.1) is 0 Å². The average Bonchev–Trinajstić information content (AvgIpc) is 2.12. The second-order valence-electron chi connectivity index (χ2n) is 4.73. The predicted octanol–water partition coefficient (Wildman–Crippen LogP) is 0.650. The minimum atomic E-state index is -0.787. The molecule has 15 heavy (non-hydrogen) atoms. The molecule has 0 aliphatic carbocycles. The average molecular weight is 216 g/mol. The molecule has 0 aliphatic heterocycles. The molecule has 0 fully saturated rings. The van der Waals surface area contributed by atoms with E-state index in [0.29, 0.717) is 6.54 Å². The maximum absolute atomic E-state index is 11.6. The van der Waals surface area contributed by atoms with Gasteiger partial charge in [-0.05, 0) is 34.1 Å². The van der Waals surface area contributed by atoms with Gasteiger partial charge in [-0.2, -0.15) is 0 Å². The van der Waals surface area contributed by atoms with E-state index in [4.69, 9.17) is 0 Å². The first-order valence-corrected chi connectivity index (χ1v) is 5.52. The Balaban J connectivity index is 3.89. The largest absolute Gasteiger partial charge is 0.389 e. The number of carbonyl (C=O) groups is 1. The smallest absolute Gasteiger partial charge is 0.237 e. The lowest BCUT2D eigenvalue weighted by molar-refractivity contribution is -0.123. The highest BCUT2D eigenvalue weighted by Gasteiger charge is 2.18. The van der Waals surface area contributed by atoms with Gasteiger partial charge < -0.3 is 15.7 Å². The van der Waals surface area contributed by atoms with Crippen molar-refractivity contribution in [1.29, 1.82) is 0 Å². The third kappa shape index (κ3) is 7.33. The Kier molecular flexibility index (Phi) is 5.83. The number of hydrogen-bond acceptors (Lipinski definition) is 3. The van der Waals surface area contributed by atoms with Crippen LogP contribution >= 0.6 is 0 Å². The number of aliphatic hydroxyl groups is 1. The second kappa shape index (κ2) is 6.08. The number of nitrogens with one attached hydrogen (secondary N) is 2. The van der Waals surface area contributed by atoms with E-state index in [1.807, 2.05) is 13.8 Å². The minimum Gasteiger partial charge on any atom is -0.389 e. The van der Waals surface area contributed by atoms with Gasteiger partial charge in [0.25, 0.3) is 0 Å². The zero-order chi connectivity index (χ0) is 12.1. The van der Waals surface area contributed by atoms with Gasteiger partial charge in [0.2, 0.25) is 5.91 Å². The van der Waals surface area contributed by atoms with Crippen LogP contribution in [0.2, 0.25) is 0 Å². The molecule has 0 aromatic carbocycles. The van der Waals surface area contributed by atoms with Crippen molar-refractivity contribution in [1.82, 2.24) is 10.6 Å². The van der Waals surface area contributed by atoms with Gasteiger partial charge in [0.1, 0.15) is 0 Å². The normalized spacial score (nSPS) is 15.9. The summed E-state index contributed by atoms with van der Waals surface area (Å²) < 4.78 is 0. The molecule has 0 aromatic rings. The van der Waals surface area contributed by atoms with Crippen molar-refractivity contribution >= 4 is 5.91 Å². The summed E-state index contributed by atoms with van der Waals surface area (Å²) in [4.78, 5) is 11.6. The molecule has 0 aromatic heterocycles. The lowest BCUT2D eigenvalue weighted by Gasteiger charge is -2.22. The van der Waals surface area contributed by atoms with E-state index in [1.165, 1.54) is 0 Å².